The minimum atomic E-state index is 0.507. The predicted octanol–water partition coefficient (Wildman–Crippen LogP) is 7.65. The molecule has 204 valence electrons. The summed E-state index contributed by atoms with van der Waals surface area (Å²) >= 11 is 0. The van der Waals surface area contributed by atoms with Crippen molar-refractivity contribution in [1.29, 1.82) is 0 Å². The summed E-state index contributed by atoms with van der Waals surface area (Å²) in [4.78, 5) is 2.48. The number of benzene rings is 4. The number of hydrogen-bond acceptors (Lipinski definition) is 4. The molecule has 0 unspecified atom stereocenters. The molecule has 1 fully saturated rings. The second-order valence-electron chi connectivity index (χ2n) is 10.5. The van der Waals surface area contributed by atoms with Crippen molar-refractivity contribution < 1.29 is 14.2 Å². The molecule has 4 heteroatoms. The van der Waals surface area contributed by atoms with Gasteiger partial charge in [-0.25, -0.2) is 0 Å². The SMILES string of the molecule is COc1c(OCc2ccccc2)ccc2c1CCC(c1ccccc1)=C2c1ccc(OCCN2CCCC2)cc1. The van der Waals surface area contributed by atoms with Crippen molar-refractivity contribution in [2.24, 2.45) is 0 Å². The number of allylic oxidation sites excluding steroid dienone is 1. The molecule has 4 nitrogen and oxygen atoms in total. The Kier molecular flexibility index (Phi) is 8.15. The quantitative estimate of drug-likeness (QED) is 0.210. The third-order valence-electron chi connectivity index (χ3n) is 8.00. The molecule has 1 saturated heterocycles. The van der Waals surface area contributed by atoms with Crippen molar-refractivity contribution >= 4 is 11.1 Å². The smallest absolute Gasteiger partial charge is 0.164 e. The Hall–Kier alpha value is -4.02. The molecular formula is C36H37NO3. The molecule has 0 N–H and O–H groups in total. The molecule has 1 aliphatic heterocycles. The largest absolute Gasteiger partial charge is 0.493 e. The Morgan fingerprint density at radius 3 is 2.15 bits per heavy atom. The van der Waals surface area contributed by atoms with E-state index in [1.807, 2.05) is 18.2 Å². The van der Waals surface area contributed by atoms with Crippen molar-refractivity contribution in [2.45, 2.75) is 32.3 Å². The molecule has 6 rings (SSSR count). The van der Waals surface area contributed by atoms with E-state index in [4.69, 9.17) is 14.2 Å². The third-order valence-corrected chi connectivity index (χ3v) is 8.00. The predicted molar refractivity (Wildman–Crippen MR) is 162 cm³/mol. The molecule has 4 aromatic carbocycles. The van der Waals surface area contributed by atoms with Gasteiger partial charge in [0.05, 0.1) is 7.11 Å². The van der Waals surface area contributed by atoms with Crippen molar-refractivity contribution in [3.8, 4) is 17.2 Å². The van der Waals surface area contributed by atoms with Crippen LogP contribution in [0.1, 0.15) is 47.1 Å². The number of likely N-dealkylation sites (tertiary alicyclic amines) is 1. The topological polar surface area (TPSA) is 30.9 Å². The van der Waals surface area contributed by atoms with E-state index in [-0.39, 0.29) is 0 Å². The van der Waals surface area contributed by atoms with Gasteiger partial charge in [-0.2, -0.15) is 0 Å². The highest BCUT2D eigenvalue weighted by atomic mass is 16.5. The maximum atomic E-state index is 6.26. The number of ether oxygens (including phenoxy) is 3. The van der Waals surface area contributed by atoms with E-state index in [1.165, 1.54) is 59.3 Å². The summed E-state index contributed by atoms with van der Waals surface area (Å²) in [5.74, 6) is 2.54. The van der Waals surface area contributed by atoms with Crippen LogP contribution in [0.3, 0.4) is 0 Å². The molecule has 0 spiro atoms. The number of methoxy groups -OCH3 is 1. The van der Waals surface area contributed by atoms with Gasteiger partial charge in [-0.15, -0.1) is 0 Å². The lowest BCUT2D eigenvalue weighted by molar-refractivity contribution is 0.238. The highest BCUT2D eigenvalue weighted by molar-refractivity contribution is 6.01. The first-order valence-corrected chi connectivity index (χ1v) is 14.4. The van der Waals surface area contributed by atoms with Crippen molar-refractivity contribution in [3.05, 3.63) is 125 Å². The summed E-state index contributed by atoms with van der Waals surface area (Å²) in [6.45, 7) is 4.62. The van der Waals surface area contributed by atoms with Crippen LogP contribution in [0.2, 0.25) is 0 Å². The number of fused-ring (bicyclic) bond motifs is 1. The Bertz CT molecular complexity index is 1440. The summed E-state index contributed by atoms with van der Waals surface area (Å²) in [6, 6.07) is 33.9. The van der Waals surface area contributed by atoms with Gasteiger partial charge in [-0.3, -0.25) is 4.90 Å². The molecule has 4 aromatic rings. The van der Waals surface area contributed by atoms with Gasteiger partial charge in [0.25, 0.3) is 0 Å². The van der Waals surface area contributed by atoms with Crippen molar-refractivity contribution in [2.75, 3.05) is 33.4 Å². The summed E-state index contributed by atoms with van der Waals surface area (Å²) in [5.41, 5.74) is 8.60. The minimum absolute atomic E-state index is 0.507. The lowest BCUT2D eigenvalue weighted by Crippen LogP contribution is -2.25. The van der Waals surface area contributed by atoms with Crippen LogP contribution in [0.25, 0.3) is 11.1 Å². The van der Waals surface area contributed by atoms with E-state index in [2.05, 4.69) is 83.8 Å². The van der Waals surface area contributed by atoms with E-state index in [9.17, 15) is 0 Å². The first-order valence-electron chi connectivity index (χ1n) is 14.4. The third kappa shape index (κ3) is 5.78. The maximum Gasteiger partial charge on any atom is 0.164 e. The van der Waals surface area contributed by atoms with Crippen molar-refractivity contribution in [3.63, 3.8) is 0 Å². The van der Waals surface area contributed by atoms with Gasteiger partial charge in [0.1, 0.15) is 19.0 Å². The fourth-order valence-corrected chi connectivity index (χ4v) is 5.97. The van der Waals surface area contributed by atoms with Gasteiger partial charge in [-0.1, -0.05) is 78.9 Å². The molecule has 40 heavy (non-hydrogen) atoms. The van der Waals surface area contributed by atoms with Crippen LogP contribution in [-0.2, 0) is 13.0 Å². The van der Waals surface area contributed by atoms with Crippen LogP contribution in [0.4, 0.5) is 0 Å². The first kappa shape index (κ1) is 26.2. The number of hydrogen-bond donors (Lipinski definition) is 0. The molecule has 0 saturated carbocycles. The number of nitrogens with zero attached hydrogens (tertiary/aromatic N) is 1. The molecule has 0 bridgehead atoms. The maximum absolute atomic E-state index is 6.26. The standard InChI is InChI=1S/C36H37NO3/c1-38-36-33-19-18-31(28-12-6-3-7-13-28)35(32(33)20-21-34(36)40-26-27-10-4-2-5-11-27)29-14-16-30(17-15-29)39-25-24-37-22-8-9-23-37/h2-7,10-17,20-21H,8-9,18-19,22-26H2,1H3. The van der Waals surface area contributed by atoms with Crippen LogP contribution in [-0.4, -0.2) is 38.3 Å². The highest BCUT2D eigenvalue weighted by Gasteiger charge is 2.26. The zero-order valence-corrected chi connectivity index (χ0v) is 23.3. The summed E-state index contributed by atoms with van der Waals surface area (Å²) in [7, 11) is 1.75. The zero-order valence-electron chi connectivity index (χ0n) is 23.3. The number of rotatable bonds is 10. The van der Waals surface area contributed by atoms with E-state index in [1.54, 1.807) is 7.11 Å². The molecule has 0 atom stereocenters. The molecule has 1 heterocycles. The summed E-state index contributed by atoms with van der Waals surface area (Å²) in [6.07, 6.45) is 4.44. The van der Waals surface area contributed by atoms with Gasteiger partial charge in [0.15, 0.2) is 11.5 Å². The van der Waals surface area contributed by atoms with E-state index in [0.717, 1.165) is 48.8 Å². The Labute approximate surface area is 237 Å². The van der Waals surface area contributed by atoms with Gasteiger partial charge < -0.3 is 14.2 Å². The molecule has 0 amide bonds. The van der Waals surface area contributed by atoms with Gasteiger partial charge in [0.2, 0.25) is 0 Å². The normalized spacial score (nSPS) is 15.1. The molecular weight excluding hydrogens is 494 g/mol. The summed E-state index contributed by atoms with van der Waals surface area (Å²) in [5, 5.41) is 0. The zero-order chi connectivity index (χ0) is 27.1. The lowest BCUT2D eigenvalue weighted by atomic mass is 9.79. The fraction of sp³-hybridized carbons (Fsp3) is 0.278. The first-order chi connectivity index (χ1) is 19.8. The monoisotopic (exact) mass is 531 g/mol. The molecule has 2 aliphatic rings. The van der Waals surface area contributed by atoms with Crippen LogP contribution in [0.15, 0.2) is 97.1 Å². The molecule has 0 radical (unpaired) electrons. The average Bonchev–Trinajstić information content (AvgIpc) is 3.54. The second-order valence-corrected chi connectivity index (χ2v) is 10.5. The van der Waals surface area contributed by atoms with Gasteiger partial charge in [-0.05, 0) is 90.4 Å². The van der Waals surface area contributed by atoms with Crippen molar-refractivity contribution in [1.82, 2.24) is 4.90 Å². The molecule has 0 aromatic heterocycles. The average molecular weight is 532 g/mol. The van der Waals surface area contributed by atoms with E-state index < -0.39 is 0 Å². The molecule has 1 aliphatic carbocycles. The Balaban J connectivity index is 1.31. The van der Waals surface area contributed by atoms with Crippen LogP contribution in [0, 0.1) is 0 Å². The summed E-state index contributed by atoms with van der Waals surface area (Å²) < 4.78 is 18.4. The van der Waals surface area contributed by atoms with Gasteiger partial charge in [0, 0.05) is 12.1 Å². The Morgan fingerprint density at radius 1 is 0.700 bits per heavy atom. The minimum Gasteiger partial charge on any atom is -0.493 e. The van der Waals surface area contributed by atoms with Crippen LogP contribution >= 0.6 is 0 Å². The lowest BCUT2D eigenvalue weighted by Gasteiger charge is -2.27. The van der Waals surface area contributed by atoms with E-state index in [0.29, 0.717) is 6.61 Å². The van der Waals surface area contributed by atoms with Crippen LogP contribution < -0.4 is 14.2 Å². The Morgan fingerprint density at radius 2 is 1.43 bits per heavy atom. The van der Waals surface area contributed by atoms with E-state index >= 15 is 0 Å². The van der Waals surface area contributed by atoms with Gasteiger partial charge >= 0.3 is 0 Å². The fourth-order valence-electron chi connectivity index (χ4n) is 5.97. The second kappa shape index (κ2) is 12.4. The van der Waals surface area contributed by atoms with Crippen LogP contribution in [0.5, 0.6) is 17.2 Å². The highest BCUT2D eigenvalue weighted by Crippen LogP contribution is 2.46.